The summed E-state index contributed by atoms with van der Waals surface area (Å²) in [5.74, 6) is 1.94. The van der Waals surface area contributed by atoms with Gasteiger partial charge in [0.2, 0.25) is 0 Å². The summed E-state index contributed by atoms with van der Waals surface area (Å²) in [4.78, 5) is 12.2. The average molecular weight is 383 g/mol. The van der Waals surface area contributed by atoms with E-state index < -0.39 is 0 Å². The number of hydrogen-bond donors (Lipinski definition) is 1. The second-order valence-electron chi connectivity index (χ2n) is 6.79. The fourth-order valence-corrected chi connectivity index (χ4v) is 3.02. The summed E-state index contributed by atoms with van der Waals surface area (Å²) in [6, 6.07) is 28.9. The zero-order valence-corrected chi connectivity index (χ0v) is 16.1. The minimum atomic E-state index is -0.217. The number of nitrogens with one attached hydrogen (secondary N) is 1. The predicted molar refractivity (Wildman–Crippen MR) is 116 cm³/mol. The van der Waals surface area contributed by atoms with Crippen LogP contribution in [0.1, 0.15) is 5.56 Å². The Bertz CT molecular complexity index is 1140. The van der Waals surface area contributed by atoms with E-state index >= 15 is 0 Å². The van der Waals surface area contributed by atoms with Gasteiger partial charge in [-0.05, 0) is 71.8 Å². The number of carbonyl (C=O) groups excluding carboxylic acids is 1. The molecule has 0 aliphatic carbocycles. The monoisotopic (exact) mass is 383 g/mol. The lowest BCUT2D eigenvalue weighted by molar-refractivity contribution is -0.118. The summed E-state index contributed by atoms with van der Waals surface area (Å²) in [5.41, 5.74) is 1.83. The Morgan fingerprint density at radius 2 is 1.52 bits per heavy atom. The van der Waals surface area contributed by atoms with E-state index in [1.165, 1.54) is 0 Å². The normalized spacial score (nSPS) is 10.5. The molecule has 4 nitrogen and oxygen atoms in total. The molecule has 0 heterocycles. The van der Waals surface area contributed by atoms with E-state index in [2.05, 4.69) is 5.32 Å². The zero-order chi connectivity index (χ0) is 20.1. The first kappa shape index (κ1) is 18.6. The lowest BCUT2D eigenvalue weighted by Crippen LogP contribution is -2.20. The van der Waals surface area contributed by atoms with Gasteiger partial charge in [0.05, 0.1) is 0 Å². The highest BCUT2D eigenvalue weighted by Crippen LogP contribution is 2.24. The van der Waals surface area contributed by atoms with Crippen molar-refractivity contribution in [3.63, 3.8) is 0 Å². The van der Waals surface area contributed by atoms with Crippen LogP contribution < -0.4 is 14.8 Å². The molecule has 0 unspecified atom stereocenters. The minimum absolute atomic E-state index is 0.0557. The van der Waals surface area contributed by atoms with Gasteiger partial charge in [-0.15, -0.1) is 0 Å². The molecule has 0 aliphatic heterocycles. The standard InChI is InChI=1S/C25H21NO3/c1-18-5-4-8-24(15-18)29-22-13-10-21(11-14-22)26-25(27)17-28-23-12-9-19-6-2-3-7-20(19)16-23/h2-16H,17H2,1H3,(H,26,27). The van der Waals surface area contributed by atoms with Crippen molar-refractivity contribution in [2.24, 2.45) is 0 Å². The van der Waals surface area contributed by atoms with Crippen LogP contribution in [0.3, 0.4) is 0 Å². The number of benzene rings is 4. The van der Waals surface area contributed by atoms with Crippen LogP contribution >= 0.6 is 0 Å². The van der Waals surface area contributed by atoms with E-state index in [0.717, 1.165) is 22.1 Å². The van der Waals surface area contributed by atoms with Gasteiger partial charge >= 0.3 is 0 Å². The van der Waals surface area contributed by atoms with Gasteiger partial charge in [-0.25, -0.2) is 0 Å². The lowest BCUT2D eigenvalue weighted by atomic mass is 10.1. The van der Waals surface area contributed by atoms with E-state index in [1.54, 1.807) is 12.1 Å². The number of anilines is 1. The average Bonchev–Trinajstić information content (AvgIpc) is 2.73. The number of rotatable bonds is 6. The second-order valence-corrected chi connectivity index (χ2v) is 6.79. The highest BCUT2D eigenvalue weighted by molar-refractivity contribution is 5.92. The first-order valence-corrected chi connectivity index (χ1v) is 9.42. The molecule has 1 amide bonds. The van der Waals surface area contributed by atoms with Crippen LogP contribution in [0.5, 0.6) is 17.2 Å². The number of ether oxygens (including phenoxy) is 2. The predicted octanol–water partition coefficient (Wildman–Crippen LogP) is 5.96. The highest BCUT2D eigenvalue weighted by atomic mass is 16.5. The third kappa shape index (κ3) is 4.93. The van der Waals surface area contributed by atoms with Crippen LogP contribution in [0.15, 0.2) is 91.0 Å². The molecule has 0 aromatic heterocycles. The Kier molecular flexibility index (Phi) is 5.43. The molecule has 0 radical (unpaired) electrons. The maximum absolute atomic E-state index is 12.2. The van der Waals surface area contributed by atoms with Crippen molar-refractivity contribution in [2.75, 3.05) is 11.9 Å². The van der Waals surface area contributed by atoms with E-state index in [1.807, 2.05) is 85.8 Å². The summed E-state index contributed by atoms with van der Waals surface area (Å²) in [6.07, 6.45) is 0. The molecular weight excluding hydrogens is 362 g/mol. The van der Waals surface area contributed by atoms with Crippen molar-refractivity contribution in [1.82, 2.24) is 0 Å². The van der Waals surface area contributed by atoms with Gasteiger partial charge in [0.25, 0.3) is 5.91 Å². The molecule has 0 saturated heterocycles. The van der Waals surface area contributed by atoms with Gasteiger partial charge in [-0.3, -0.25) is 4.79 Å². The molecule has 0 atom stereocenters. The molecule has 1 N–H and O–H groups in total. The van der Waals surface area contributed by atoms with Crippen molar-refractivity contribution in [3.8, 4) is 17.2 Å². The summed E-state index contributed by atoms with van der Waals surface area (Å²) in [6.45, 7) is 1.96. The number of aryl methyl sites for hydroxylation is 1. The second kappa shape index (κ2) is 8.48. The van der Waals surface area contributed by atoms with E-state index in [0.29, 0.717) is 17.2 Å². The van der Waals surface area contributed by atoms with Crippen LogP contribution in [-0.2, 0) is 4.79 Å². The number of fused-ring (bicyclic) bond motifs is 1. The Hall–Kier alpha value is -3.79. The van der Waals surface area contributed by atoms with Crippen LogP contribution in [0.25, 0.3) is 10.8 Å². The van der Waals surface area contributed by atoms with Crippen molar-refractivity contribution < 1.29 is 14.3 Å². The summed E-state index contributed by atoms with van der Waals surface area (Å²) < 4.78 is 11.4. The molecule has 0 bridgehead atoms. The molecule has 4 aromatic rings. The largest absolute Gasteiger partial charge is 0.484 e. The number of amides is 1. The molecule has 0 aliphatic rings. The SMILES string of the molecule is Cc1cccc(Oc2ccc(NC(=O)COc3ccc4ccccc4c3)cc2)c1. The Morgan fingerprint density at radius 1 is 0.759 bits per heavy atom. The van der Waals surface area contributed by atoms with Crippen LogP contribution in [0, 0.1) is 6.92 Å². The minimum Gasteiger partial charge on any atom is -0.484 e. The molecule has 4 aromatic carbocycles. The van der Waals surface area contributed by atoms with Gasteiger partial charge in [0.15, 0.2) is 6.61 Å². The maximum atomic E-state index is 12.2. The third-order valence-electron chi connectivity index (χ3n) is 4.45. The van der Waals surface area contributed by atoms with Crippen molar-refractivity contribution >= 4 is 22.4 Å². The Balaban J connectivity index is 1.32. The Morgan fingerprint density at radius 3 is 2.31 bits per heavy atom. The van der Waals surface area contributed by atoms with Gasteiger partial charge in [0.1, 0.15) is 17.2 Å². The van der Waals surface area contributed by atoms with Gasteiger partial charge in [-0.2, -0.15) is 0 Å². The Labute approximate surface area is 169 Å². The summed E-state index contributed by atoms with van der Waals surface area (Å²) in [7, 11) is 0. The first-order chi connectivity index (χ1) is 14.2. The zero-order valence-electron chi connectivity index (χ0n) is 16.1. The van der Waals surface area contributed by atoms with Gasteiger partial charge in [-0.1, -0.05) is 42.5 Å². The first-order valence-electron chi connectivity index (χ1n) is 9.42. The van der Waals surface area contributed by atoms with Crippen LogP contribution in [0.4, 0.5) is 5.69 Å². The van der Waals surface area contributed by atoms with Crippen LogP contribution in [0.2, 0.25) is 0 Å². The molecule has 0 spiro atoms. The van der Waals surface area contributed by atoms with E-state index in [4.69, 9.17) is 9.47 Å². The highest BCUT2D eigenvalue weighted by Gasteiger charge is 2.05. The lowest BCUT2D eigenvalue weighted by Gasteiger charge is -2.10. The smallest absolute Gasteiger partial charge is 0.262 e. The van der Waals surface area contributed by atoms with Crippen molar-refractivity contribution in [3.05, 3.63) is 96.6 Å². The molecule has 4 heteroatoms. The molecule has 144 valence electrons. The quantitative estimate of drug-likeness (QED) is 0.447. The van der Waals surface area contributed by atoms with Gasteiger partial charge < -0.3 is 14.8 Å². The number of carbonyl (C=O) groups is 1. The molecular formula is C25H21NO3. The van der Waals surface area contributed by atoms with Crippen LogP contribution in [-0.4, -0.2) is 12.5 Å². The van der Waals surface area contributed by atoms with Crippen molar-refractivity contribution in [1.29, 1.82) is 0 Å². The summed E-state index contributed by atoms with van der Waals surface area (Å²) >= 11 is 0. The molecule has 0 fully saturated rings. The number of hydrogen-bond acceptors (Lipinski definition) is 3. The van der Waals surface area contributed by atoms with Gasteiger partial charge in [0, 0.05) is 5.69 Å². The fourth-order valence-electron chi connectivity index (χ4n) is 3.02. The topological polar surface area (TPSA) is 47.6 Å². The molecule has 29 heavy (non-hydrogen) atoms. The molecule has 4 rings (SSSR count). The third-order valence-corrected chi connectivity index (χ3v) is 4.45. The maximum Gasteiger partial charge on any atom is 0.262 e. The van der Waals surface area contributed by atoms with E-state index in [-0.39, 0.29) is 12.5 Å². The summed E-state index contributed by atoms with van der Waals surface area (Å²) in [5, 5.41) is 5.04. The van der Waals surface area contributed by atoms with Crippen molar-refractivity contribution in [2.45, 2.75) is 6.92 Å². The fraction of sp³-hybridized carbons (Fsp3) is 0.0800. The van der Waals surface area contributed by atoms with E-state index in [9.17, 15) is 4.79 Å². The molecule has 0 saturated carbocycles.